The molecule has 0 fully saturated rings. The molecule has 0 amide bonds. The summed E-state index contributed by atoms with van der Waals surface area (Å²) in [6.07, 6.45) is 0.0214. The monoisotopic (exact) mass is 269 g/mol. The largest absolute Gasteiger partial charge is 0.486 e. The second-order valence-electron chi connectivity index (χ2n) is 4.88. The Labute approximate surface area is 121 Å². The Balaban J connectivity index is 0.000000444. The van der Waals surface area contributed by atoms with Crippen molar-refractivity contribution in [3.05, 3.63) is 42.5 Å². The molecule has 2 rings (SSSR count). The van der Waals surface area contributed by atoms with Crippen LogP contribution in [0.3, 0.4) is 0 Å². The lowest BCUT2D eigenvalue weighted by atomic mass is 10.0. The van der Waals surface area contributed by atoms with Crippen LogP contribution in [0.25, 0.3) is 10.8 Å². The number of hydrogen-bond donors (Lipinski definition) is 0. The van der Waals surface area contributed by atoms with Crippen LogP contribution in [0.15, 0.2) is 42.5 Å². The summed E-state index contributed by atoms with van der Waals surface area (Å²) >= 11 is 0. The lowest BCUT2D eigenvalue weighted by molar-refractivity contribution is -0.118. The summed E-state index contributed by atoms with van der Waals surface area (Å²) < 4.78 is 5.34. The number of ketones is 1. The second-order valence-corrected chi connectivity index (χ2v) is 4.88. The van der Waals surface area contributed by atoms with Crippen LogP contribution >= 0.6 is 0 Å². The zero-order chi connectivity index (χ0) is 15.0. The van der Waals surface area contributed by atoms with Crippen molar-refractivity contribution in [1.29, 1.82) is 0 Å². The number of rotatable bonds is 4. The maximum Gasteiger partial charge on any atom is 0.161 e. The predicted octanol–water partition coefficient (Wildman–Crippen LogP) is 2.55. The molecule has 0 saturated carbocycles. The Bertz CT molecular complexity index is 552. The number of ether oxygens (including phenoxy) is 1. The van der Waals surface area contributed by atoms with E-state index in [2.05, 4.69) is 0 Å². The summed E-state index contributed by atoms with van der Waals surface area (Å²) in [6, 6.07) is 13.7. The molecule has 3 nitrogen and oxygen atoms in total. The summed E-state index contributed by atoms with van der Waals surface area (Å²) in [5.74, 6) is 0.591. The van der Waals surface area contributed by atoms with Gasteiger partial charge in [0.05, 0.1) is 7.85 Å². The highest BCUT2D eigenvalue weighted by atomic mass is 16.5. The van der Waals surface area contributed by atoms with Gasteiger partial charge in [0.2, 0.25) is 0 Å². The molecule has 20 heavy (non-hydrogen) atoms. The van der Waals surface area contributed by atoms with Crippen molar-refractivity contribution in [2.75, 3.05) is 27.7 Å². The van der Waals surface area contributed by atoms with E-state index in [9.17, 15) is 4.79 Å². The minimum Gasteiger partial charge on any atom is -0.486 e. The highest BCUT2D eigenvalue weighted by Crippen LogP contribution is 2.20. The van der Waals surface area contributed by atoms with Crippen molar-refractivity contribution in [3.8, 4) is 5.75 Å². The highest BCUT2D eigenvalue weighted by Gasteiger charge is 2.00. The van der Waals surface area contributed by atoms with Gasteiger partial charge >= 0.3 is 0 Å². The third-order valence-electron chi connectivity index (χ3n) is 2.35. The summed E-state index contributed by atoms with van der Waals surface area (Å²) in [5.41, 5.74) is 0. The van der Waals surface area contributed by atoms with Gasteiger partial charge in [0, 0.05) is 0 Å². The van der Waals surface area contributed by atoms with Crippen LogP contribution in [0.4, 0.5) is 0 Å². The fourth-order valence-electron chi connectivity index (χ4n) is 1.48. The molecule has 0 aliphatic heterocycles. The van der Waals surface area contributed by atoms with Crippen molar-refractivity contribution in [3.63, 3.8) is 0 Å². The van der Waals surface area contributed by atoms with E-state index < -0.39 is 0 Å². The van der Waals surface area contributed by atoms with Gasteiger partial charge in [0.15, 0.2) is 5.78 Å². The molecule has 2 aromatic carbocycles. The summed E-state index contributed by atoms with van der Waals surface area (Å²) in [4.78, 5) is 13.0. The molecule has 0 heterocycles. The van der Waals surface area contributed by atoms with Crippen molar-refractivity contribution in [1.82, 2.24) is 4.90 Å². The van der Waals surface area contributed by atoms with Crippen LogP contribution in [0, 0.1) is 0 Å². The fourth-order valence-corrected chi connectivity index (χ4v) is 1.48. The molecular formula is C16H20BNO2. The first-order valence-electron chi connectivity index (χ1n) is 6.47. The molecule has 104 valence electrons. The molecular weight excluding hydrogens is 249 g/mol. The van der Waals surface area contributed by atoms with Crippen molar-refractivity contribution in [2.45, 2.75) is 6.32 Å². The predicted molar refractivity (Wildman–Crippen MR) is 84.6 cm³/mol. The normalized spacial score (nSPS) is 10.0. The first kappa shape index (κ1) is 16.2. The molecule has 0 aliphatic carbocycles. The number of benzene rings is 2. The van der Waals surface area contributed by atoms with Gasteiger partial charge < -0.3 is 9.64 Å². The Hall–Kier alpha value is -1.81. The van der Waals surface area contributed by atoms with E-state index in [4.69, 9.17) is 12.6 Å². The minimum atomic E-state index is -0.104. The Morgan fingerprint density at radius 1 is 1.10 bits per heavy atom. The van der Waals surface area contributed by atoms with Crippen molar-refractivity contribution < 1.29 is 9.53 Å². The van der Waals surface area contributed by atoms with E-state index >= 15 is 0 Å². The van der Waals surface area contributed by atoms with Crippen LogP contribution in [0.5, 0.6) is 5.75 Å². The van der Waals surface area contributed by atoms with E-state index in [1.165, 1.54) is 0 Å². The molecule has 2 radical (unpaired) electrons. The topological polar surface area (TPSA) is 29.5 Å². The minimum absolute atomic E-state index is 0.0214. The maximum atomic E-state index is 11.0. The Morgan fingerprint density at radius 2 is 1.70 bits per heavy atom. The molecule has 0 N–H and O–H groups in total. The molecule has 0 unspecified atom stereocenters. The van der Waals surface area contributed by atoms with E-state index in [1.54, 1.807) is 0 Å². The average molecular weight is 269 g/mol. The van der Waals surface area contributed by atoms with Gasteiger partial charge in [0.1, 0.15) is 12.4 Å². The number of nitrogens with zero attached hydrogens (tertiary/aromatic N) is 1. The number of Topliss-reactive ketones (excluding diaryl/α,β-unsaturated/α-hetero) is 1. The quantitative estimate of drug-likeness (QED) is 0.799. The zero-order valence-electron chi connectivity index (χ0n) is 12.3. The molecule has 0 saturated heterocycles. The Kier molecular flexibility index (Phi) is 6.81. The van der Waals surface area contributed by atoms with Crippen molar-refractivity contribution >= 4 is 24.4 Å². The lowest BCUT2D eigenvalue weighted by Crippen LogP contribution is -2.09. The van der Waals surface area contributed by atoms with Gasteiger partial charge in [0.25, 0.3) is 0 Å². The van der Waals surface area contributed by atoms with Crippen molar-refractivity contribution in [2.24, 2.45) is 0 Å². The molecule has 0 bridgehead atoms. The van der Waals surface area contributed by atoms with Gasteiger partial charge in [-0.1, -0.05) is 30.3 Å². The molecule has 0 spiro atoms. The van der Waals surface area contributed by atoms with Crippen LogP contribution < -0.4 is 4.74 Å². The smallest absolute Gasteiger partial charge is 0.161 e. The third-order valence-corrected chi connectivity index (χ3v) is 2.35. The third kappa shape index (κ3) is 5.89. The van der Waals surface area contributed by atoms with Crippen LogP contribution in [-0.4, -0.2) is 46.3 Å². The summed E-state index contributed by atoms with van der Waals surface area (Å²) in [7, 11) is 11.2. The summed E-state index contributed by atoms with van der Waals surface area (Å²) in [6.45, 7) is 0.0365. The number of carbonyl (C=O) groups excluding carboxylic acids is 1. The fraction of sp³-hybridized carbons (Fsp3) is 0.312. The number of hydrogen-bond acceptors (Lipinski definition) is 3. The maximum absolute atomic E-state index is 11.0. The van der Waals surface area contributed by atoms with E-state index in [0.717, 1.165) is 10.8 Å². The zero-order valence-corrected chi connectivity index (χ0v) is 12.3. The molecule has 0 atom stereocenters. The van der Waals surface area contributed by atoms with Gasteiger partial charge in [-0.2, -0.15) is 0 Å². The average Bonchev–Trinajstić information content (AvgIpc) is 2.44. The highest BCUT2D eigenvalue weighted by molar-refractivity contribution is 6.20. The first-order chi connectivity index (χ1) is 9.52. The second kappa shape index (κ2) is 8.38. The summed E-state index contributed by atoms with van der Waals surface area (Å²) in [5, 5.41) is 2.25. The lowest BCUT2D eigenvalue weighted by Gasteiger charge is -2.05. The van der Waals surface area contributed by atoms with Gasteiger partial charge in [-0.05, 0) is 50.4 Å². The standard InChI is InChI=1S/C13H11BO2.C3H9N/c14-8-12(15)9-16-13-6-5-10-3-1-2-4-11(10)7-13;1-4(2)3/h1-7H,8-9H2;1-3H3. The molecule has 2 aromatic rings. The van der Waals surface area contributed by atoms with E-state index in [1.807, 2.05) is 68.5 Å². The number of carbonyl (C=O) groups is 1. The molecule has 0 aliphatic rings. The van der Waals surface area contributed by atoms with E-state index in [-0.39, 0.29) is 18.7 Å². The molecule has 0 aromatic heterocycles. The number of fused-ring (bicyclic) bond motifs is 1. The van der Waals surface area contributed by atoms with Crippen LogP contribution in [-0.2, 0) is 4.79 Å². The Morgan fingerprint density at radius 3 is 2.30 bits per heavy atom. The van der Waals surface area contributed by atoms with Gasteiger partial charge in [-0.15, -0.1) is 0 Å². The van der Waals surface area contributed by atoms with E-state index in [0.29, 0.717) is 5.75 Å². The van der Waals surface area contributed by atoms with Crippen LogP contribution in [0.2, 0.25) is 6.32 Å². The van der Waals surface area contributed by atoms with Crippen LogP contribution in [0.1, 0.15) is 0 Å². The molecule has 4 heteroatoms. The van der Waals surface area contributed by atoms with Gasteiger partial charge in [-0.25, -0.2) is 0 Å². The van der Waals surface area contributed by atoms with Gasteiger partial charge in [-0.3, -0.25) is 4.79 Å². The first-order valence-corrected chi connectivity index (χ1v) is 6.47. The SMILES string of the molecule is CN(C)C.[B]CC(=O)COc1ccc2ccccc2c1.